The minimum absolute atomic E-state index is 0.466. The molecular weight excluding hydrogens is 228 g/mol. The molecule has 0 radical (unpaired) electrons. The van der Waals surface area contributed by atoms with E-state index in [0.717, 1.165) is 15.7 Å². The third-order valence-corrected chi connectivity index (χ3v) is 2.45. The molecule has 1 rings (SSSR count). The van der Waals surface area contributed by atoms with E-state index >= 15 is 0 Å². The lowest BCUT2D eigenvalue weighted by atomic mass is 10.1. The first-order valence-electron chi connectivity index (χ1n) is 3.98. The van der Waals surface area contributed by atoms with Crippen LogP contribution >= 0.6 is 15.9 Å². The van der Waals surface area contributed by atoms with Gasteiger partial charge in [-0.05, 0) is 33.6 Å². The number of nitrogens with zero attached hydrogens (tertiary/aromatic N) is 2. The van der Waals surface area contributed by atoms with Gasteiger partial charge in [0.2, 0.25) is 0 Å². The lowest BCUT2D eigenvalue weighted by molar-refractivity contribution is 1.11. The number of anilines is 1. The van der Waals surface area contributed by atoms with Gasteiger partial charge in [0.1, 0.15) is 0 Å². The molecule has 0 amide bonds. The predicted molar refractivity (Wildman–Crippen MR) is 57.8 cm³/mol. The average Bonchev–Trinajstić information content (AvgIpc) is 2.08. The van der Waals surface area contributed by atoms with Gasteiger partial charge in [-0.25, -0.2) is 0 Å². The molecule has 0 spiro atoms. The second-order valence-corrected chi connectivity index (χ2v) is 3.87. The first-order chi connectivity index (χ1) is 6.15. The van der Waals surface area contributed by atoms with Gasteiger partial charge in [-0.15, -0.1) is 0 Å². The summed E-state index contributed by atoms with van der Waals surface area (Å²) in [7, 11) is 3.96. The Morgan fingerprint density at radius 2 is 2.15 bits per heavy atom. The lowest BCUT2D eigenvalue weighted by Crippen LogP contribution is -2.09. The molecule has 68 valence electrons. The van der Waals surface area contributed by atoms with Crippen molar-refractivity contribution in [2.45, 2.75) is 6.42 Å². The third-order valence-electron chi connectivity index (χ3n) is 1.78. The van der Waals surface area contributed by atoms with Crippen molar-refractivity contribution in [3.8, 4) is 6.07 Å². The fourth-order valence-corrected chi connectivity index (χ4v) is 1.70. The van der Waals surface area contributed by atoms with Gasteiger partial charge < -0.3 is 4.90 Å². The molecule has 0 fully saturated rings. The van der Waals surface area contributed by atoms with Crippen molar-refractivity contribution in [3.63, 3.8) is 0 Å². The highest BCUT2D eigenvalue weighted by atomic mass is 79.9. The number of hydrogen-bond acceptors (Lipinski definition) is 2. The standard InChI is InChI=1S/C10H11BrN2/c1-13(2)10-7-8(5-6-12)3-4-9(10)11/h3-4,7H,5H2,1-2H3. The van der Waals surface area contributed by atoms with Crippen molar-refractivity contribution in [2.24, 2.45) is 0 Å². The van der Waals surface area contributed by atoms with Crippen LogP contribution in [0.25, 0.3) is 0 Å². The summed E-state index contributed by atoms with van der Waals surface area (Å²) in [5.74, 6) is 0. The van der Waals surface area contributed by atoms with Crippen LogP contribution < -0.4 is 4.90 Å². The zero-order chi connectivity index (χ0) is 9.84. The topological polar surface area (TPSA) is 27.0 Å². The molecule has 0 bridgehead atoms. The minimum Gasteiger partial charge on any atom is -0.377 e. The van der Waals surface area contributed by atoms with Crippen molar-refractivity contribution in [1.29, 1.82) is 5.26 Å². The van der Waals surface area contributed by atoms with E-state index in [4.69, 9.17) is 5.26 Å². The van der Waals surface area contributed by atoms with Crippen LogP contribution in [0.3, 0.4) is 0 Å². The summed E-state index contributed by atoms with van der Waals surface area (Å²) < 4.78 is 1.05. The van der Waals surface area contributed by atoms with Crippen LogP contribution in [0.5, 0.6) is 0 Å². The number of nitriles is 1. The van der Waals surface area contributed by atoms with E-state index in [9.17, 15) is 0 Å². The van der Waals surface area contributed by atoms with Crippen LogP contribution in [-0.4, -0.2) is 14.1 Å². The van der Waals surface area contributed by atoms with Crippen molar-refractivity contribution in [3.05, 3.63) is 28.2 Å². The van der Waals surface area contributed by atoms with Crippen molar-refractivity contribution in [1.82, 2.24) is 0 Å². The van der Waals surface area contributed by atoms with E-state index < -0.39 is 0 Å². The smallest absolute Gasteiger partial charge is 0.0669 e. The minimum atomic E-state index is 0.466. The number of benzene rings is 1. The summed E-state index contributed by atoms with van der Waals surface area (Å²) >= 11 is 3.46. The fraction of sp³-hybridized carbons (Fsp3) is 0.300. The quantitative estimate of drug-likeness (QED) is 0.793. The summed E-state index contributed by atoms with van der Waals surface area (Å²) in [4.78, 5) is 2.02. The van der Waals surface area contributed by atoms with Gasteiger partial charge in [0.15, 0.2) is 0 Å². The summed E-state index contributed by atoms with van der Waals surface area (Å²) in [6, 6.07) is 8.09. The van der Waals surface area contributed by atoms with E-state index in [1.54, 1.807) is 0 Å². The second-order valence-electron chi connectivity index (χ2n) is 3.02. The molecule has 0 heterocycles. The van der Waals surface area contributed by atoms with Gasteiger partial charge >= 0.3 is 0 Å². The molecule has 0 aliphatic carbocycles. The molecule has 1 aromatic rings. The Kier molecular flexibility index (Phi) is 3.32. The van der Waals surface area contributed by atoms with Crippen molar-refractivity contribution >= 4 is 21.6 Å². The second kappa shape index (κ2) is 4.29. The molecule has 2 nitrogen and oxygen atoms in total. The summed E-state index contributed by atoms with van der Waals surface area (Å²) in [5, 5.41) is 8.54. The lowest BCUT2D eigenvalue weighted by Gasteiger charge is -2.15. The van der Waals surface area contributed by atoms with Gasteiger partial charge in [0, 0.05) is 18.6 Å². The Morgan fingerprint density at radius 1 is 1.46 bits per heavy atom. The summed E-state index contributed by atoms with van der Waals surface area (Å²) in [6.07, 6.45) is 0.466. The van der Waals surface area contributed by atoms with Crippen molar-refractivity contribution < 1.29 is 0 Å². The molecule has 0 saturated heterocycles. The maximum absolute atomic E-state index is 8.54. The fourth-order valence-electron chi connectivity index (χ4n) is 1.10. The zero-order valence-corrected chi connectivity index (χ0v) is 9.30. The van der Waals surface area contributed by atoms with Gasteiger partial charge in [-0.2, -0.15) is 5.26 Å². The molecule has 0 N–H and O–H groups in total. The first-order valence-corrected chi connectivity index (χ1v) is 4.77. The number of halogens is 1. The molecule has 0 aromatic heterocycles. The molecule has 0 atom stereocenters. The molecular formula is C10H11BrN2. The van der Waals surface area contributed by atoms with Gasteiger partial charge in [-0.1, -0.05) is 6.07 Å². The maximum atomic E-state index is 8.54. The average molecular weight is 239 g/mol. The zero-order valence-electron chi connectivity index (χ0n) is 7.71. The van der Waals surface area contributed by atoms with E-state index in [0.29, 0.717) is 6.42 Å². The SMILES string of the molecule is CN(C)c1cc(CC#N)ccc1Br. The van der Waals surface area contributed by atoms with Crippen molar-refractivity contribution in [2.75, 3.05) is 19.0 Å². The summed E-state index contributed by atoms with van der Waals surface area (Å²) in [5.41, 5.74) is 2.15. The van der Waals surface area contributed by atoms with Gasteiger partial charge in [-0.3, -0.25) is 0 Å². The molecule has 0 aliphatic heterocycles. The highest BCUT2D eigenvalue weighted by Gasteiger charge is 2.02. The van der Waals surface area contributed by atoms with Crippen LogP contribution in [0, 0.1) is 11.3 Å². The molecule has 0 saturated carbocycles. The van der Waals surface area contributed by atoms with Crippen LogP contribution in [0.1, 0.15) is 5.56 Å². The Morgan fingerprint density at radius 3 is 2.69 bits per heavy atom. The number of rotatable bonds is 2. The Hall–Kier alpha value is -1.01. The molecule has 13 heavy (non-hydrogen) atoms. The van der Waals surface area contributed by atoms with Gasteiger partial charge in [0.25, 0.3) is 0 Å². The van der Waals surface area contributed by atoms with Crippen LogP contribution in [0.2, 0.25) is 0 Å². The Bertz CT molecular complexity index is 339. The maximum Gasteiger partial charge on any atom is 0.0669 e. The first kappa shape index (κ1) is 10.1. The number of hydrogen-bond donors (Lipinski definition) is 0. The van der Waals surface area contributed by atoms with E-state index in [-0.39, 0.29) is 0 Å². The highest BCUT2D eigenvalue weighted by Crippen LogP contribution is 2.25. The Balaban J connectivity index is 3.05. The predicted octanol–water partition coefficient (Wildman–Crippen LogP) is 2.58. The van der Waals surface area contributed by atoms with Crippen LogP contribution in [-0.2, 0) is 6.42 Å². The van der Waals surface area contributed by atoms with E-state index in [1.165, 1.54) is 0 Å². The van der Waals surface area contributed by atoms with Gasteiger partial charge in [0.05, 0.1) is 18.2 Å². The molecule has 0 unspecified atom stereocenters. The Labute approximate surface area is 86.9 Å². The van der Waals surface area contributed by atoms with Crippen LogP contribution in [0.4, 0.5) is 5.69 Å². The summed E-state index contributed by atoms with van der Waals surface area (Å²) in [6.45, 7) is 0. The molecule has 0 aliphatic rings. The highest BCUT2D eigenvalue weighted by molar-refractivity contribution is 9.10. The van der Waals surface area contributed by atoms with E-state index in [2.05, 4.69) is 22.0 Å². The largest absolute Gasteiger partial charge is 0.377 e. The monoisotopic (exact) mass is 238 g/mol. The van der Waals surface area contributed by atoms with E-state index in [1.807, 2.05) is 37.2 Å². The normalized spacial score (nSPS) is 9.38. The third kappa shape index (κ3) is 2.46. The molecule has 3 heteroatoms. The van der Waals surface area contributed by atoms with Crippen LogP contribution in [0.15, 0.2) is 22.7 Å². The molecule has 1 aromatic carbocycles.